The van der Waals surface area contributed by atoms with Gasteiger partial charge in [0.1, 0.15) is 18.1 Å². The highest BCUT2D eigenvalue weighted by atomic mass is 32.2. The van der Waals surface area contributed by atoms with Crippen molar-refractivity contribution in [3.05, 3.63) is 42.5 Å². The summed E-state index contributed by atoms with van der Waals surface area (Å²) in [4.78, 5) is 24.8. The molecule has 0 heterocycles. The van der Waals surface area contributed by atoms with Gasteiger partial charge in [0.15, 0.2) is 20.2 Å². The summed E-state index contributed by atoms with van der Waals surface area (Å²) in [6.07, 6.45) is -6.49. The molecular weight excluding hydrogens is 720 g/mol. The van der Waals surface area contributed by atoms with E-state index in [1.165, 1.54) is 40.4 Å². The highest BCUT2D eigenvalue weighted by Gasteiger charge is 2.49. The molecule has 20 heteroatoms. The number of nitrogens with one attached hydrogen (secondary N) is 1. The minimum absolute atomic E-state index is 0.180. The lowest BCUT2D eigenvalue weighted by atomic mass is 9.91. The second-order valence-electron chi connectivity index (χ2n) is 10.4. The van der Waals surface area contributed by atoms with Gasteiger partial charge in [-0.25, -0.2) is 30.4 Å². The Hall–Kier alpha value is -2.39. The van der Waals surface area contributed by atoms with Crippen molar-refractivity contribution in [2.45, 2.75) is 82.6 Å². The lowest BCUT2D eigenvalue weighted by Gasteiger charge is -2.25. The van der Waals surface area contributed by atoms with E-state index in [1.807, 2.05) is 30.3 Å². The van der Waals surface area contributed by atoms with Crippen LogP contribution in [-0.2, 0) is 51.9 Å². The van der Waals surface area contributed by atoms with Crippen LogP contribution in [0.5, 0.6) is 0 Å². The first-order chi connectivity index (χ1) is 21.6. The summed E-state index contributed by atoms with van der Waals surface area (Å²) in [7, 11) is -12.3. The number of carbonyl (C=O) groups is 2. The quantitative estimate of drug-likeness (QED) is 0.0977. The molecule has 0 saturated carbocycles. The fourth-order valence-electron chi connectivity index (χ4n) is 2.46. The van der Waals surface area contributed by atoms with Crippen LogP contribution in [0.1, 0.15) is 54.9 Å². The van der Waals surface area contributed by atoms with Crippen LogP contribution in [0.25, 0.3) is 0 Å². The Kier molecular flexibility index (Phi) is 23.3. The van der Waals surface area contributed by atoms with E-state index in [0.717, 1.165) is 4.90 Å². The molecule has 0 fully saturated rings. The molecule has 0 aliphatic rings. The highest BCUT2D eigenvalue weighted by Crippen LogP contribution is 2.29. The van der Waals surface area contributed by atoms with Crippen LogP contribution in [0.3, 0.4) is 0 Å². The Labute approximate surface area is 284 Å². The van der Waals surface area contributed by atoms with Crippen molar-refractivity contribution in [2.75, 3.05) is 32.8 Å². The molecule has 282 valence electrons. The third-order valence-electron chi connectivity index (χ3n) is 6.18. The number of ether oxygens (including phenoxy) is 2. The monoisotopic (exact) mass is 765 g/mol. The third kappa shape index (κ3) is 19.0. The number of carbonyl (C=O) groups excluding carboxylic acids is 2. The fourth-order valence-corrected chi connectivity index (χ4v) is 3.41. The van der Waals surface area contributed by atoms with Crippen molar-refractivity contribution < 1.29 is 76.2 Å². The molecular formula is C28H45F6NO10S3. The number of hydrogen-bond acceptors (Lipinski definition) is 10. The largest absolute Gasteiger partial charge is 0.743 e. The van der Waals surface area contributed by atoms with E-state index in [2.05, 4.69) is 49.5 Å². The molecule has 1 aromatic carbocycles. The Bertz CT molecular complexity index is 1320. The Morgan fingerprint density at radius 1 is 0.833 bits per heavy atom. The number of halogens is 6. The van der Waals surface area contributed by atoms with E-state index in [0.29, 0.717) is 6.42 Å². The number of rotatable bonds is 14. The van der Waals surface area contributed by atoms with Gasteiger partial charge in [-0.15, -0.1) is 0 Å². The van der Waals surface area contributed by atoms with Crippen molar-refractivity contribution in [3.63, 3.8) is 0 Å². The number of alkyl halides is 6. The third-order valence-corrected chi connectivity index (χ3v) is 8.35. The van der Waals surface area contributed by atoms with E-state index in [1.54, 1.807) is 11.8 Å². The first-order valence-corrected chi connectivity index (χ1v) is 17.5. The summed E-state index contributed by atoms with van der Waals surface area (Å²) in [5.41, 5.74) is -1.19. The summed E-state index contributed by atoms with van der Waals surface area (Å²) in [5.74, 6) is -2.12. The van der Waals surface area contributed by atoms with Crippen molar-refractivity contribution in [1.82, 2.24) is 0 Å². The van der Waals surface area contributed by atoms with E-state index >= 15 is 0 Å². The van der Waals surface area contributed by atoms with E-state index in [-0.39, 0.29) is 5.57 Å². The Balaban J connectivity index is -0.000000609. The van der Waals surface area contributed by atoms with Crippen LogP contribution >= 0.6 is 0 Å². The maximum absolute atomic E-state index is 12.9. The number of esters is 2. The minimum Gasteiger partial charge on any atom is -0.743 e. The number of quaternary nitrogens is 1. The summed E-state index contributed by atoms with van der Waals surface area (Å²) >= 11 is 3.36. The zero-order valence-corrected chi connectivity index (χ0v) is 30.3. The first-order valence-electron chi connectivity index (χ1n) is 14.1. The standard InChI is InChI=1S/C9H15F3O5S.C7H9F3O5S.C6H15N.C6H6S/c1-4-8(2,3)7(13)17-5-6(10)9(11,12)18(14,15)16;1-4(2)6(11)15-3-5(8)7(9,10)16(12,13)14;1-4-7(5-2)6-3;7-6-4-2-1-3-5-6/h6H,4-5H2,1-3H3,(H,14,15,16);5H,1,3H2,2H3,(H,12,13,14);4-6H2,1-3H3;1-5,7H. The number of hydrogen-bond donors (Lipinski definition) is 1. The molecule has 0 bridgehead atoms. The molecule has 0 spiro atoms. The van der Waals surface area contributed by atoms with Crippen LogP contribution in [0, 0.1) is 5.41 Å². The minimum atomic E-state index is -6.14. The fraction of sp³-hybridized carbons (Fsp3) is 0.643. The molecule has 0 aliphatic carbocycles. The van der Waals surface area contributed by atoms with Crippen LogP contribution < -0.4 is 4.90 Å². The van der Waals surface area contributed by atoms with Gasteiger partial charge in [-0.3, -0.25) is 4.79 Å². The average molecular weight is 766 g/mol. The van der Waals surface area contributed by atoms with Gasteiger partial charge in [-0.05, 0) is 72.7 Å². The molecule has 0 saturated heterocycles. The highest BCUT2D eigenvalue weighted by molar-refractivity contribution is 7.87. The van der Waals surface area contributed by atoms with Gasteiger partial charge in [0.25, 0.3) is 0 Å². The summed E-state index contributed by atoms with van der Waals surface area (Å²) in [6.45, 7) is 16.2. The van der Waals surface area contributed by atoms with Gasteiger partial charge in [-0.1, -0.05) is 31.7 Å². The van der Waals surface area contributed by atoms with Crippen molar-refractivity contribution >= 4 is 44.8 Å². The molecule has 0 aliphatic heterocycles. The van der Waals surface area contributed by atoms with Gasteiger partial charge >= 0.3 is 22.4 Å². The molecule has 0 amide bonds. The smallest absolute Gasteiger partial charge is 0.368 e. The topological polar surface area (TPSA) is 171 Å². The van der Waals surface area contributed by atoms with E-state index in [9.17, 15) is 61.9 Å². The molecule has 1 aromatic rings. The lowest BCUT2D eigenvalue weighted by molar-refractivity contribution is -0.894. The molecule has 11 nitrogen and oxygen atoms in total. The summed E-state index contributed by atoms with van der Waals surface area (Å²) in [6, 6.07) is 9.96. The predicted molar refractivity (Wildman–Crippen MR) is 167 cm³/mol. The predicted octanol–water partition coefficient (Wildman–Crippen LogP) is 3.01. The maximum Gasteiger partial charge on any atom is 0.368 e. The van der Waals surface area contributed by atoms with Crippen LogP contribution in [0.2, 0.25) is 0 Å². The van der Waals surface area contributed by atoms with Gasteiger partial charge in [0, 0.05) is 5.57 Å². The molecule has 48 heavy (non-hydrogen) atoms. The SMILES string of the molecule is C=C(C)C(=O)OCC(F)C(F)(F)S(=O)(=O)[O-].CCC(C)(C)C(=O)OCC(F)C(F)(F)S(=O)(=O)[O-].CC[NH+](CC)CC.[SH2+]c1ccccc1. The second kappa shape index (κ2) is 22.4. The summed E-state index contributed by atoms with van der Waals surface area (Å²) in [5, 5.41) is -10.3. The maximum atomic E-state index is 12.9. The van der Waals surface area contributed by atoms with Gasteiger partial charge in [0.2, 0.25) is 12.3 Å². The molecule has 1 rings (SSSR count). The van der Waals surface area contributed by atoms with Gasteiger partial charge in [0.05, 0.1) is 25.0 Å². The molecule has 2 unspecified atom stereocenters. The van der Waals surface area contributed by atoms with E-state index in [4.69, 9.17) is 0 Å². The number of benzene rings is 1. The normalized spacial score (nSPS) is 13.3. The van der Waals surface area contributed by atoms with Gasteiger partial charge < -0.3 is 23.5 Å². The second-order valence-corrected chi connectivity index (χ2v) is 13.8. The van der Waals surface area contributed by atoms with Crippen LogP contribution in [-0.4, -0.2) is 93.6 Å². The molecule has 0 radical (unpaired) electrons. The Morgan fingerprint density at radius 3 is 1.42 bits per heavy atom. The zero-order chi connectivity index (χ0) is 38.7. The molecule has 0 aromatic heterocycles. The average Bonchev–Trinajstić information content (AvgIpc) is 2.99. The summed E-state index contributed by atoms with van der Waals surface area (Å²) < 4.78 is 144. The molecule has 1 N–H and O–H groups in total. The Morgan fingerprint density at radius 2 is 1.19 bits per heavy atom. The first kappa shape index (κ1) is 50.0. The zero-order valence-electron chi connectivity index (χ0n) is 27.7. The van der Waals surface area contributed by atoms with Crippen molar-refractivity contribution in [3.8, 4) is 0 Å². The van der Waals surface area contributed by atoms with Crippen LogP contribution in [0.15, 0.2) is 47.4 Å². The van der Waals surface area contributed by atoms with E-state index < -0.39 is 73.7 Å². The van der Waals surface area contributed by atoms with Crippen molar-refractivity contribution in [2.24, 2.45) is 5.41 Å². The molecule has 2 atom stereocenters. The lowest BCUT2D eigenvalue weighted by Crippen LogP contribution is -3.11. The van der Waals surface area contributed by atoms with Crippen molar-refractivity contribution in [1.29, 1.82) is 0 Å². The van der Waals surface area contributed by atoms with Crippen LogP contribution in [0.4, 0.5) is 26.3 Å². The van der Waals surface area contributed by atoms with Gasteiger partial charge in [-0.2, -0.15) is 17.6 Å².